The second-order valence-corrected chi connectivity index (χ2v) is 2.78. The Balaban J connectivity index is 0.000000561. The fourth-order valence-corrected chi connectivity index (χ4v) is 0.718. The Morgan fingerprint density at radius 3 is 1.92 bits per heavy atom. The standard InChI is InChI=1S/C7H9ClN2.C2H6/c1-5(2)6-3-9-7(8)10-4-6;1-2/h3-5H,1-2H3;1-2H3. The first-order chi connectivity index (χ1) is 5.70. The fourth-order valence-electron chi connectivity index (χ4n) is 0.620. The van der Waals surface area contributed by atoms with Crippen molar-refractivity contribution < 1.29 is 0 Å². The average Bonchev–Trinajstić information content (AvgIpc) is 2.09. The Bertz CT molecular complexity index is 206. The van der Waals surface area contributed by atoms with E-state index >= 15 is 0 Å². The van der Waals surface area contributed by atoms with Crippen LogP contribution in [0.15, 0.2) is 12.4 Å². The van der Waals surface area contributed by atoms with Gasteiger partial charge in [-0.05, 0) is 23.1 Å². The zero-order valence-electron chi connectivity index (χ0n) is 8.00. The lowest BCUT2D eigenvalue weighted by Gasteiger charge is -2.01. The molecule has 0 bridgehead atoms. The minimum atomic E-state index is 0.310. The molecule has 0 unspecified atom stereocenters. The van der Waals surface area contributed by atoms with Crippen molar-refractivity contribution in [3.05, 3.63) is 23.2 Å². The van der Waals surface area contributed by atoms with Gasteiger partial charge in [-0.2, -0.15) is 0 Å². The Labute approximate surface area is 79.0 Å². The predicted octanol–water partition coefficient (Wildman–Crippen LogP) is 3.28. The van der Waals surface area contributed by atoms with E-state index in [2.05, 4.69) is 23.8 Å². The molecule has 0 saturated carbocycles. The number of halogens is 1. The molecule has 1 heterocycles. The number of hydrogen-bond acceptors (Lipinski definition) is 2. The lowest BCUT2D eigenvalue weighted by atomic mass is 10.1. The van der Waals surface area contributed by atoms with E-state index in [1.807, 2.05) is 13.8 Å². The molecule has 0 saturated heterocycles. The van der Waals surface area contributed by atoms with Crippen molar-refractivity contribution in [1.82, 2.24) is 9.97 Å². The van der Waals surface area contributed by atoms with Gasteiger partial charge in [0.2, 0.25) is 5.28 Å². The molecule has 2 nitrogen and oxygen atoms in total. The largest absolute Gasteiger partial charge is 0.226 e. The summed E-state index contributed by atoms with van der Waals surface area (Å²) in [5.74, 6) is 0.470. The van der Waals surface area contributed by atoms with E-state index in [1.54, 1.807) is 12.4 Å². The Kier molecular flexibility index (Phi) is 5.64. The van der Waals surface area contributed by atoms with Gasteiger partial charge in [-0.3, -0.25) is 0 Å². The van der Waals surface area contributed by atoms with Crippen molar-refractivity contribution in [2.45, 2.75) is 33.6 Å². The van der Waals surface area contributed by atoms with Gasteiger partial charge in [0.1, 0.15) is 0 Å². The fraction of sp³-hybridized carbons (Fsp3) is 0.556. The van der Waals surface area contributed by atoms with E-state index in [0.29, 0.717) is 11.2 Å². The van der Waals surface area contributed by atoms with Crippen LogP contribution in [0.2, 0.25) is 5.28 Å². The summed E-state index contributed by atoms with van der Waals surface area (Å²) in [4.78, 5) is 7.71. The van der Waals surface area contributed by atoms with Crippen LogP contribution in [0.3, 0.4) is 0 Å². The van der Waals surface area contributed by atoms with E-state index < -0.39 is 0 Å². The zero-order valence-corrected chi connectivity index (χ0v) is 8.76. The first kappa shape index (κ1) is 11.4. The third-order valence-electron chi connectivity index (χ3n) is 1.31. The summed E-state index contributed by atoms with van der Waals surface area (Å²) in [6.45, 7) is 8.18. The number of nitrogens with zero attached hydrogens (tertiary/aromatic N) is 2. The van der Waals surface area contributed by atoms with Crippen LogP contribution in [0.4, 0.5) is 0 Å². The average molecular weight is 187 g/mol. The van der Waals surface area contributed by atoms with Gasteiger partial charge in [0, 0.05) is 12.4 Å². The van der Waals surface area contributed by atoms with E-state index in [1.165, 1.54) is 0 Å². The summed E-state index contributed by atoms with van der Waals surface area (Å²) in [6, 6.07) is 0. The molecule has 3 heteroatoms. The monoisotopic (exact) mass is 186 g/mol. The zero-order chi connectivity index (χ0) is 9.56. The molecule has 0 amide bonds. The van der Waals surface area contributed by atoms with Crippen LogP contribution in [0.1, 0.15) is 39.2 Å². The Morgan fingerprint density at radius 1 is 1.17 bits per heavy atom. The Hall–Kier alpha value is -0.630. The van der Waals surface area contributed by atoms with Crippen LogP contribution in [0.5, 0.6) is 0 Å². The molecular weight excluding hydrogens is 172 g/mol. The summed E-state index contributed by atoms with van der Waals surface area (Å²) in [5.41, 5.74) is 1.12. The van der Waals surface area contributed by atoms with Crippen molar-refractivity contribution in [3.8, 4) is 0 Å². The quantitative estimate of drug-likeness (QED) is 0.630. The molecule has 0 spiro atoms. The number of aromatic nitrogens is 2. The van der Waals surface area contributed by atoms with Gasteiger partial charge in [0.15, 0.2) is 0 Å². The topological polar surface area (TPSA) is 25.8 Å². The second kappa shape index (κ2) is 5.95. The van der Waals surface area contributed by atoms with Gasteiger partial charge < -0.3 is 0 Å². The van der Waals surface area contributed by atoms with Gasteiger partial charge >= 0.3 is 0 Å². The maximum Gasteiger partial charge on any atom is 0.222 e. The summed E-state index contributed by atoms with van der Waals surface area (Å²) in [6.07, 6.45) is 3.50. The maximum atomic E-state index is 5.49. The molecule has 1 aromatic heterocycles. The molecule has 1 rings (SSSR count). The minimum absolute atomic E-state index is 0.310. The molecule has 0 aliphatic rings. The summed E-state index contributed by atoms with van der Waals surface area (Å²) in [5, 5.41) is 0.310. The molecule has 0 aromatic carbocycles. The summed E-state index contributed by atoms with van der Waals surface area (Å²) in [7, 11) is 0. The highest BCUT2D eigenvalue weighted by molar-refractivity contribution is 6.28. The molecule has 0 aliphatic carbocycles. The molecule has 1 aromatic rings. The van der Waals surface area contributed by atoms with Crippen molar-refractivity contribution in [2.24, 2.45) is 0 Å². The lowest BCUT2D eigenvalue weighted by molar-refractivity contribution is 0.846. The van der Waals surface area contributed by atoms with Crippen LogP contribution >= 0.6 is 11.6 Å². The molecule has 0 aliphatic heterocycles. The van der Waals surface area contributed by atoms with Crippen molar-refractivity contribution in [3.63, 3.8) is 0 Å². The first-order valence-electron chi connectivity index (χ1n) is 4.17. The maximum absolute atomic E-state index is 5.49. The van der Waals surface area contributed by atoms with Crippen LogP contribution in [0, 0.1) is 0 Å². The van der Waals surface area contributed by atoms with Gasteiger partial charge in [-0.15, -0.1) is 0 Å². The van der Waals surface area contributed by atoms with Crippen molar-refractivity contribution >= 4 is 11.6 Å². The van der Waals surface area contributed by atoms with E-state index in [9.17, 15) is 0 Å². The van der Waals surface area contributed by atoms with Crippen LogP contribution < -0.4 is 0 Å². The molecule has 12 heavy (non-hydrogen) atoms. The highest BCUT2D eigenvalue weighted by Crippen LogP contribution is 2.11. The smallest absolute Gasteiger partial charge is 0.222 e. The molecule has 68 valence electrons. The van der Waals surface area contributed by atoms with Gasteiger partial charge in [0.25, 0.3) is 0 Å². The third kappa shape index (κ3) is 3.67. The van der Waals surface area contributed by atoms with E-state index in [4.69, 9.17) is 11.6 Å². The Morgan fingerprint density at radius 2 is 1.58 bits per heavy atom. The number of hydrogen-bond donors (Lipinski definition) is 0. The van der Waals surface area contributed by atoms with E-state index in [-0.39, 0.29) is 0 Å². The lowest BCUT2D eigenvalue weighted by Crippen LogP contribution is -1.90. The minimum Gasteiger partial charge on any atom is -0.226 e. The summed E-state index contributed by atoms with van der Waals surface area (Å²) >= 11 is 5.49. The first-order valence-corrected chi connectivity index (χ1v) is 4.55. The van der Waals surface area contributed by atoms with Crippen LogP contribution in [0.25, 0.3) is 0 Å². The molecule has 0 N–H and O–H groups in total. The predicted molar refractivity (Wildman–Crippen MR) is 52.5 cm³/mol. The third-order valence-corrected chi connectivity index (χ3v) is 1.50. The van der Waals surface area contributed by atoms with Gasteiger partial charge in [-0.25, -0.2) is 9.97 Å². The molecule has 0 atom stereocenters. The van der Waals surface area contributed by atoms with Crippen molar-refractivity contribution in [2.75, 3.05) is 0 Å². The highest BCUT2D eigenvalue weighted by Gasteiger charge is 1.98. The van der Waals surface area contributed by atoms with Gasteiger partial charge in [0.05, 0.1) is 0 Å². The number of rotatable bonds is 1. The second-order valence-electron chi connectivity index (χ2n) is 2.44. The van der Waals surface area contributed by atoms with Crippen LogP contribution in [-0.4, -0.2) is 9.97 Å². The normalized spacial score (nSPS) is 9.17. The summed E-state index contributed by atoms with van der Waals surface area (Å²) < 4.78 is 0. The SMILES string of the molecule is CC.CC(C)c1cnc(Cl)nc1. The highest BCUT2D eigenvalue weighted by atomic mass is 35.5. The molecule has 0 fully saturated rings. The van der Waals surface area contributed by atoms with Gasteiger partial charge in [-0.1, -0.05) is 27.7 Å². The van der Waals surface area contributed by atoms with E-state index in [0.717, 1.165) is 5.56 Å². The molecular formula is C9H15ClN2. The molecule has 0 radical (unpaired) electrons. The van der Waals surface area contributed by atoms with Crippen molar-refractivity contribution in [1.29, 1.82) is 0 Å². The van der Waals surface area contributed by atoms with Crippen LogP contribution in [-0.2, 0) is 0 Å².